The van der Waals surface area contributed by atoms with Gasteiger partial charge >= 0.3 is 0 Å². The second-order valence-electron chi connectivity index (χ2n) is 5.01. The van der Waals surface area contributed by atoms with Crippen LogP contribution in [0.4, 0.5) is 0 Å². The molecular weight excluding hydrogens is 255 g/mol. The Balaban J connectivity index is 2.24. The van der Waals surface area contributed by atoms with E-state index in [4.69, 9.17) is 23.2 Å². The molecule has 0 aliphatic heterocycles. The molecule has 17 heavy (non-hydrogen) atoms. The average Bonchev–Trinajstić information content (AvgIpc) is 2.33. The van der Waals surface area contributed by atoms with Gasteiger partial charge in [-0.05, 0) is 49.8 Å². The average molecular weight is 273 g/mol. The molecule has 1 nitrogen and oxygen atoms in total. The van der Waals surface area contributed by atoms with E-state index in [0.29, 0.717) is 10.0 Å². The Morgan fingerprint density at radius 3 is 2.53 bits per heavy atom. The van der Waals surface area contributed by atoms with Crippen LogP contribution in [0, 0.1) is 5.92 Å². The predicted molar refractivity (Wildman–Crippen MR) is 72.6 cm³/mol. The van der Waals surface area contributed by atoms with Crippen LogP contribution in [0.2, 0.25) is 10.0 Å². The highest BCUT2D eigenvalue weighted by atomic mass is 35.5. The number of aliphatic hydroxyl groups is 1. The minimum Gasteiger partial charge on any atom is -0.385 e. The Morgan fingerprint density at radius 2 is 1.94 bits per heavy atom. The normalized spacial score (nSPS) is 29.3. The SMILES string of the molecule is CCC1CCC(O)(c2cc(Cl)ccc2Cl)CC1. The summed E-state index contributed by atoms with van der Waals surface area (Å²) in [4.78, 5) is 0. The Labute approximate surface area is 113 Å². The van der Waals surface area contributed by atoms with Gasteiger partial charge in [-0.2, -0.15) is 0 Å². The molecular formula is C14H18Cl2O. The molecule has 0 aromatic heterocycles. The molecule has 1 aliphatic carbocycles. The maximum absolute atomic E-state index is 10.7. The molecule has 0 saturated heterocycles. The third-order valence-corrected chi connectivity index (χ3v) is 4.50. The molecule has 1 aromatic rings. The van der Waals surface area contributed by atoms with Gasteiger partial charge in [0, 0.05) is 15.6 Å². The van der Waals surface area contributed by atoms with Crippen molar-refractivity contribution in [3.8, 4) is 0 Å². The van der Waals surface area contributed by atoms with Crippen LogP contribution < -0.4 is 0 Å². The number of hydrogen-bond donors (Lipinski definition) is 1. The van der Waals surface area contributed by atoms with Gasteiger partial charge in [-0.1, -0.05) is 36.5 Å². The van der Waals surface area contributed by atoms with Crippen molar-refractivity contribution in [3.63, 3.8) is 0 Å². The summed E-state index contributed by atoms with van der Waals surface area (Å²) in [5, 5.41) is 12.0. The van der Waals surface area contributed by atoms with Crippen LogP contribution in [0.5, 0.6) is 0 Å². The molecule has 0 unspecified atom stereocenters. The summed E-state index contributed by atoms with van der Waals surface area (Å²) in [6, 6.07) is 5.33. The van der Waals surface area contributed by atoms with E-state index in [2.05, 4.69) is 6.92 Å². The molecule has 0 spiro atoms. The first-order valence-corrected chi connectivity index (χ1v) is 6.98. The molecule has 0 atom stereocenters. The van der Waals surface area contributed by atoms with Gasteiger partial charge in [-0.15, -0.1) is 0 Å². The molecule has 0 heterocycles. The molecule has 0 amide bonds. The molecule has 0 bridgehead atoms. The second kappa shape index (κ2) is 5.17. The fraction of sp³-hybridized carbons (Fsp3) is 0.571. The van der Waals surface area contributed by atoms with Crippen molar-refractivity contribution in [2.24, 2.45) is 5.92 Å². The second-order valence-corrected chi connectivity index (χ2v) is 5.85. The van der Waals surface area contributed by atoms with E-state index < -0.39 is 5.60 Å². The maximum atomic E-state index is 10.7. The Bertz CT molecular complexity index is 395. The van der Waals surface area contributed by atoms with Crippen LogP contribution in [0.1, 0.15) is 44.6 Å². The predicted octanol–water partition coefficient (Wildman–Crippen LogP) is 4.78. The zero-order valence-corrected chi connectivity index (χ0v) is 11.6. The maximum Gasteiger partial charge on any atom is 0.0911 e. The van der Waals surface area contributed by atoms with Gasteiger partial charge in [0.05, 0.1) is 5.60 Å². The fourth-order valence-electron chi connectivity index (χ4n) is 2.69. The summed E-state index contributed by atoms with van der Waals surface area (Å²) < 4.78 is 0. The summed E-state index contributed by atoms with van der Waals surface area (Å²) in [6.07, 6.45) is 4.89. The van der Waals surface area contributed by atoms with Gasteiger partial charge < -0.3 is 5.11 Å². The summed E-state index contributed by atoms with van der Waals surface area (Å²) in [5.74, 6) is 0.744. The molecule has 1 N–H and O–H groups in total. The topological polar surface area (TPSA) is 20.2 Å². The van der Waals surface area contributed by atoms with Crippen molar-refractivity contribution in [3.05, 3.63) is 33.8 Å². The minimum atomic E-state index is -0.784. The summed E-state index contributed by atoms with van der Waals surface area (Å²) in [6.45, 7) is 2.21. The van der Waals surface area contributed by atoms with E-state index in [-0.39, 0.29) is 0 Å². The highest BCUT2D eigenvalue weighted by Gasteiger charge is 2.35. The van der Waals surface area contributed by atoms with Crippen molar-refractivity contribution in [2.45, 2.75) is 44.6 Å². The van der Waals surface area contributed by atoms with Crippen LogP contribution in [0.25, 0.3) is 0 Å². The van der Waals surface area contributed by atoms with Crippen LogP contribution in [-0.2, 0) is 5.60 Å². The standard InChI is InChI=1S/C14H18Cl2O/c1-2-10-5-7-14(17,8-6-10)12-9-11(15)3-4-13(12)16/h3-4,9-10,17H,2,5-8H2,1H3. The van der Waals surface area contributed by atoms with Crippen molar-refractivity contribution >= 4 is 23.2 Å². The zero-order valence-electron chi connectivity index (χ0n) is 10.0. The van der Waals surface area contributed by atoms with E-state index in [1.165, 1.54) is 6.42 Å². The van der Waals surface area contributed by atoms with Crippen molar-refractivity contribution in [1.29, 1.82) is 0 Å². The lowest BCUT2D eigenvalue weighted by atomic mass is 9.74. The molecule has 1 fully saturated rings. The van der Waals surface area contributed by atoms with Gasteiger partial charge in [-0.25, -0.2) is 0 Å². The lowest BCUT2D eigenvalue weighted by Gasteiger charge is -2.36. The highest BCUT2D eigenvalue weighted by Crippen LogP contribution is 2.43. The number of benzene rings is 1. The summed E-state index contributed by atoms with van der Waals surface area (Å²) >= 11 is 12.2. The fourth-order valence-corrected chi connectivity index (χ4v) is 3.15. The van der Waals surface area contributed by atoms with Crippen LogP contribution in [0.15, 0.2) is 18.2 Å². The van der Waals surface area contributed by atoms with Gasteiger partial charge in [0.15, 0.2) is 0 Å². The largest absolute Gasteiger partial charge is 0.385 e. The lowest BCUT2D eigenvalue weighted by molar-refractivity contribution is -0.0144. The molecule has 1 aromatic carbocycles. The van der Waals surface area contributed by atoms with Crippen LogP contribution in [-0.4, -0.2) is 5.11 Å². The first-order chi connectivity index (χ1) is 8.05. The number of hydrogen-bond acceptors (Lipinski definition) is 1. The first-order valence-electron chi connectivity index (χ1n) is 6.23. The van der Waals surface area contributed by atoms with E-state index >= 15 is 0 Å². The number of rotatable bonds is 2. The van der Waals surface area contributed by atoms with Gasteiger partial charge in [0.2, 0.25) is 0 Å². The van der Waals surface area contributed by atoms with E-state index in [1.807, 2.05) is 0 Å². The number of halogens is 2. The molecule has 2 rings (SSSR count). The van der Waals surface area contributed by atoms with Gasteiger partial charge in [0.1, 0.15) is 0 Å². The Morgan fingerprint density at radius 1 is 1.29 bits per heavy atom. The molecule has 3 heteroatoms. The third kappa shape index (κ3) is 2.78. The van der Waals surface area contributed by atoms with Crippen molar-refractivity contribution < 1.29 is 5.11 Å². The van der Waals surface area contributed by atoms with Gasteiger partial charge in [-0.3, -0.25) is 0 Å². The van der Waals surface area contributed by atoms with E-state index in [1.54, 1.807) is 18.2 Å². The summed E-state index contributed by atoms with van der Waals surface area (Å²) in [7, 11) is 0. The van der Waals surface area contributed by atoms with Crippen molar-refractivity contribution in [2.75, 3.05) is 0 Å². The quantitative estimate of drug-likeness (QED) is 0.822. The van der Waals surface area contributed by atoms with Crippen molar-refractivity contribution in [1.82, 2.24) is 0 Å². The first kappa shape index (κ1) is 13.2. The zero-order chi connectivity index (χ0) is 12.5. The highest BCUT2D eigenvalue weighted by molar-refractivity contribution is 6.33. The third-order valence-electron chi connectivity index (χ3n) is 3.94. The molecule has 94 valence electrons. The molecule has 0 radical (unpaired) electrons. The van der Waals surface area contributed by atoms with E-state index in [9.17, 15) is 5.11 Å². The lowest BCUT2D eigenvalue weighted by Crippen LogP contribution is -2.31. The Kier molecular flexibility index (Phi) is 4.02. The Hall–Kier alpha value is -0.240. The minimum absolute atomic E-state index is 0.617. The van der Waals surface area contributed by atoms with E-state index in [0.717, 1.165) is 37.2 Å². The summed E-state index contributed by atoms with van der Waals surface area (Å²) in [5.41, 5.74) is 0.00872. The molecule has 1 saturated carbocycles. The van der Waals surface area contributed by atoms with Crippen LogP contribution >= 0.6 is 23.2 Å². The van der Waals surface area contributed by atoms with Crippen LogP contribution in [0.3, 0.4) is 0 Å². The molecule has 1 aliphatic rings. The smallest absolute Gasteiger partial charge is 0.0911 e. The monoisotopic (exact) mass is 272 g/mol. The van der Waals surface area contributed by atoms with Gasteiger partial charge in [0.25, 0.3) is 0 Å².